The number of rotatable bonds is 8. The molecule has 0 saturated carbocycles. The van der Waals surface area contributed by atoms with Gasteiger partial charge in [0.2, 0.25) is 0 Å². The number of piperidine rings is 1. The number of pyridine rings is 1. The van der Waals surface area contributed by atoms with Crippen LogP contribution in [0, 0.1) is 12.7 Å². The summed E-state index contributed by atoms with van der Waals surface area (Å²) in [6.07, 6.45) is 7.28. The highest BCUT2D eigenvalue weighted by Gasteiger charge is 2.22. The van der Waals surface area contributed by atoms with E-state index in [-0.39, 0.29) is 5.02 Å². The van der Waals surface area contributed by atoms with Gasteiger partial charge >= 0.3 is 0 Å². The van der Waals surface area contributed by atoms with Crippen molar-refractivity contribution in [1.29, 1.82) is 0 Å². The van der Waals surface area contributed by atoms with E-state index in [1.807, 2.05) is 25.4 Å². The summed E-state index contributed by atoms with van der Waals surface area (Å²) in [5.74, 6) is 0.0534. The van der Waals surface area contributed by atoms with E-state index in [9.17, 15) is 4.39 Å². The topological polar surface area (TPSA) is 52.4 Å². The zero-order valence-corrected chi connectivity index (χ0v) is 21.1. The number of methoxy groups -OCH3 is 1. The average molecular weight is 507 g/mol. The Morgan fingerprint density at radius 3 is 2.68 bits per heavy atom. The number of ether oxygens (including phenoxy) is 2. The molecule has 1 aromatic carbocycles. The lowest BCUT2D eigenvalue weighted by Gasteiger charge is -2.31. The van der Waals surface area contributed by atoms with Crippen molar-refractivity contribution >= 4 is 23.2 Å². The first-order chi connectivity index (χ1) is 16.4. The normalized spacial score (nSPS) is 16.1. The van der Waals surface area contributed by atoms with E-state index in [2.05, 4.69) is 25.9 Å². The van der Waals surface area contributed by atoms with Gasteiger partial charge < -0.3 is 14.4 Å². The Labute approximate surface area is 209 Å². The number of aryl methyl sites for hydroxylation is 1. The molecule has 1 atom stereocenters. The van der Waals surface area contributed by atoms with Crippen molar-refractivity contribution in [2.75, 3.05) is 33.4 Å². The maximum Gasteiger partial charge on any atom is 0.142 e. The van der Waals surface area contributed by atoms with Crippen molar-refractivity contribution in [2.24, 2.45) is 0 Å². The first-order valence-corrected chi connectivity index (χ1v) is 12.2. The lowest BCUT2D eigenvalue weighted by atomic mass is 10.1. The molecule has 3 heterocycles. The third-order valence-corrected chi connectivity index (χ3v) is 7.02. The van der Waals surface area contributed by atoms with Gasteiger partial charge in [0.25, 0.3) is 0 Å². The molecule has 182 valence electrons. The van der Waals surface area contributed by atoms with E-state index in [0.29, 0.717) is 22.4 Å². The Bertz CT molecular complexity index is 1130. The largest absolute Gasteiger partial charge is 0.484 e. The maximum absolute atomic E-state index is 14.0. The molecule has 3 aromatic rings. The predicted molar refractivity (Wildman–Crippen MR) is 132 cm³/mol. The average Bonchev–Trinajstić information content (AvgIpc) is 3.32. The second kappa shape index (κ2) is 11.0. The highest BCUT2D eigenvalue weighted by Crippen LogP contribution is 2.36. The second-order valence-corrected chi connectivity index (χ2v) is 9.38. The van der Waals surface area contributed by atoms with Gasteiger partial charge in [0.15, 0.2) is 0 Å². The number of hydrogen-bond donors (Lipinski definition) is 0. The summed E-state index contributed by atoms with van der Waals surface area (Å²) in [6.45, 7) is 7.46. The molecule has 1 aliphatic heterocycles. The number of likely N-dealkylation sites (tertiary alicyclic amines) is 1. The molecule has 0 radical (unpaired) electrons. The van der Waals surface area contributed by atoms with E-state index in [1.54, 1.807) is 14.0 Å². The van der Waals surface area contributed by atoms with Gasteiger partial charge in [-0.3, -0.25) is 9.67 Å². The first kappa shape index (κ1) is 24.9. The van der Waals surface area contributed by atoms with Crippen molar-refractivity contribution in [3.63, 3.8) is 0 Å². The third-order valence-electron chi connectivity index (χ3n) is 6.31. The molecule has 1 aliphatic rings. The van der Waals surface area contributed by atoms with Crippen LogP contribution in [-0.2, 0) is 4.74 Å². The standard InChI is InChI=1S/C25H29Cl2FN4O2/c1-16-23(34-17(2)24-21(26)4-5-22(28)25(24)27)12-18(13-29-16)19-14-30-32(15-19)20-6-8-31(9-7-20)10-11-33-3/h4-5,12-15,17,20H,6-11H2,1-3H3. The summed E-state index contributed by atoms with van der Waals surface area (Å²) < 4.78 is 27.4. The molecule has 0 spiro atoms. The Hall–Kier alpha value is -2.19. The van der Waals surface area contributed by atoms with Gasteiger partial charge in [-0.2, -0.15) is 5.10 Å². The molecule has 1 fully saturated rings. The van der Waals surface area contributed by atoms with Crippen molar-refractivity contribution < 1.29 is 13.9 Å². The van der Waals surface area contributed by atoms with E-state index >= 15 is 0 Å². The van der Waals surface area contributed by atoms with Crippen LogP contribution in [0.2, 0.25) is 10.0 Å². The second-order valence-electron chi connectivity index (χ2n) is 8.60. The highest BCUT2D eigenvalue weighted by molar-refractivity contribution is 6.36. The van der Waals surface area contributed by atoms with Gasteiger partial charge in [-0.1, -0.05) is 23.2 Å². The number of aromatic nitrogens is 3. The maximum atomic E-state index is 14.0. The molecular weight excluding hydrogens is 478 g/mol. The summed E-state index contributed by atoms with van der Waals surface area (Å²) in [6, 6.07) is 5.03. The lowest BCUT2D eigenvalue weighted by Crippen LogP contribution is -2.36. The van der Waals surface area contributed by atoms with Crippen LogP contribution < -0.4 is 4.74 Å². The lowest BCUT2D eigenvalue weighted by molar-refractivity contribution is 0.119. The molecular formula is C25H29Cl2FN4O2. The molecule has 0 bridgehead atoms. The Morgan fingerprint density at radius 1 is 1.18 bits per heavy atom. The van der Waals surface area contributed by atoms with Crippen LogP contribution >= 0.6 is 23.2 Å². The summed E-state index contributed by atoms with van der Waals surface area (Å²) in [5, 5.41) is 4.95. The van der Waals surface area contributed by atoms with E-state index in [0.717, 1.165) is 55.9 Å². The van der Waals surface area contributed by atoms with Crippen molar-refractivity contribution in [3.8, 4) is 16.9 Å². The summed E-state index contributed by atoms with van der Waals surface area (Å²) >= 11 is 12.4. The van der Waals surface area contributed by atoms with Gasteiger partial charge in [-0.25, -0.2) is 4.39 Å². The fourth-order valence-corrected chi connectivity index (χ4v) is 4.95. The van der Waals surface area contributed by atoms with Gasteiger partial charge in [0.05, 0.1) is 29.6 Å². The zero-order valence-electron chi connectivity index (χ0n) is 19.6. The van der Waals surface area contributed by atoms with Gasteiger partial charge in [-0.05, 0) is 44.9 Å². The SMILES string of the molecule is COCCN1CCC(n2cc(-c3cnc(C)c(OC(C)c4c(Cl)ccc(F)c4Cl)c3)cn2)CC1. The number of halogens is 3. The minimum absolute atomic E-state index is 0.0312. The van der Waals surface area contributed by atoms with Crippen molar-refractivity contribution in [2.45, 2.75) is 38.8 Å². The Kier molecular flexibility index (Phi) is 8.09. The van der Waals surface area contributed by atoms with E-state index in [4.69, 9.17) is 32.7 Å². The molecule has 4 rings (SSSR count). The molecule has 2 aromatic heterocycles. The van der Waals surface area contributed by atoms with Crippen LogP contribution in [0.25, 0.3) is 11.1 Å². The molecule has 34 heavy (non-hydrogen) atoms. The highest BCUT2D eigenvalue weighted by atomic mass is 35.5. The van der Waals surface area contributed by atoms with E-state index < -0.39 is 11.9 Å². The van der Waals surface area contributed by atoms with Gasteiger partial charge in [0.1, 0.15) is 17.7 Å². The van der Waals surface area contributed by atoms with Crippen LogP contribution in [0.5, 0.6) is 5.75 Å². The molecule has 1 unspecified atom stereocenters. The number of hydrogen-bond acceptors (Lipinski definition) is 5. The van der Waals surface area contributed by atoms with Crippen LogP contribution in [-0.4, -0.2) is 53.0 Å². The molecule has 1 saturated heterocycles. The van der Waals surface area contributed by atoms with Gasteiger partial charge in [0, 0.05) is 60.9 Å². The zero-order chi connectivity index (χ0) is 24.2. The first-order valence-electron chi connectivity index (χ1n) is 11.4. The smallest absolute Gasteiger partial charge is 0.142 e. The fraction of sp³-hybridized carbons (Fsp3) is 0.440. The monoisotopic (exact) mass is 506 g/mol. The predicted octanol–water partition coefficient (Wildman–Crippen LogP) is 6.12. The molecule has 0 amide bonds. The molecule has 0 aliphatic carbocycles. The quantitative estimate of drug-likeness (QED) is 0.344. The fourth-order valence-electron chi connectivity index (χ4n) is 4.27. The summed E-state index contributed by atoms with van der Waals surface area (Å²) in [5.41, 5.74) is 2.99. The third kappa shape index (κ3) is 5.54. The van der Waals surface area contributed by atoms with E-state index in [1.165, 1.54) is 12.1 Å². The Morgan fingerprint density at radius 2 is 1.94 bits per heavy atom. The van der Waals surface area contributed by atoms with Crippen LogP contribution in [0.4, 0.5) is 4.39 Å². The van der Waals surface area contributed by atoms with Gasteiger partial charge in [-0.15, -0.1) is 0 Å². The minimum atomic E-state index is -0.558. The van der Waals surface area contributed by atoms with Crippen molar-refractivity contribution in [1.82, 2.24) is 19.7 Å². The molecule has 0 N–H and O–H groups in total. The Balaban J connectivity index is 1.48. The van der Waals surface area contributed by atoms with Crippen molar-refractivity contribution in [3.05, 3.63) is 63.9 Å². The summed E-state index contributed by atoms with van der Waals surface area (Å²) in [7, 11) is 1.74. The minimum Gasteiger partial charge on any atom is -0.484 e. The molecule has 9 heteroatoms. The van der Waals surface area contributed by atoms with Crippen LogP contribution in [0.3, 0.4) is 0 Å². The summed E-state index contributed by atoms with van der Waals surface area (Å²) in [4.78, 5) is 6.93. The number of benzene rings is 1. The number of nitrogens with zero attached hydrogens (tertiary/aromatic N) is 4. The van der Waals surface area contributed by atoms with Crippen LogP contribution in [0.1, 0.15) is 43.2 Å². The molecule has 6 nitrogen and oxygen atoms in total. The van der Waals surface area contributed by atoms with Crippen LogP contribution in [0.15, 0.2) is 36.8 Å².